The maximum Gasteiger partial charge on any atom is 0.313 e. The van der Waals surface area contributed by atoms with E-state index < -0.39 is 11.8 Å². The van der Waals surface area contributed by atoms with Crippen molar-refractivity contribution in [2.75, 3.05) is 11.9 Å². The fraction of sp³-hybridized carbons (Fsp3) is 0.412. The van der Waals surface area contributed by atoms with Crippen molar-refractivity contribution in [2.24, 2.45) is 5.92 Å². The van der Waals surface area contributed by atoms with Crippen molar-refractivity contribution in [1.82, 2.24) is 20.1 Å². The lowest BCUT2D eigenvalue weighted by Gasteiger charge is -2.27. The first kappa shape index (κ1) is 17.1. The monoisotopic (exact) mass is 343 g/mol. The fourth-order valence-electron chi connectivity index (χ4n) is 2.93. The van der Waals surface area contributed by atoms with Gasteiger partial charge in [0.15, 0.2) is 5.82 Å². The van der Waals surface area contributed by atoms with Crippen molar-refractivity contribution in [2.45, 2.75) is 31.7 Å². The number of rotatable bonds is 4. The van der Waals surface area contributed by atoms with Crippen LogP contribution in [0.1, 0.15) is 25.7 Å². The third-order valence-electron chi connectivity index (χ3n) is 4.39. The molecule has 3 N–H and O–H groups in total. The first-order valence-corrected chi connectivity index (χ1v) is 8.34. The molecule has 2 aromatic rings. The average molecular weight is 343 g/mol. The summed E-state index contributed by atoms with van der Waals surface area (Å²) >= 11 is 0. The van der Waals surface area contributed by atoms with Gasteiger partial charge in [0.1, 0.15) is 0 Å². The third-order valence-corrected chi connectivity index (χ3v) is 4.39. The number of nitrogens with one attached hydrogen (secondary N) is 2. The van der Waals surface area contributed by atoms with Gasteiger partial charge < -0.3 is 15.7 Å². The number of anilines is 1. The molecule has 1 fully saturated rings. The molecule has 2 aromatic heterocycles. The summed E-state index contributed by atoms with van der Waals surface area (Å²) in [7, 11) is 0. The van der Waals surface area contributed by atoms with E-state index in [0.29, 0.717) is 17.4 Å². The summed E-state index contributed by atoms with van der Waals surface area (Å²) in [6, 6.07) is 5.15. The van der Waals surface area contributed by atoms with Gasteiger partial charge in [-0.2, -0.15) is 5.10 Å². The van der Waals surface area contributed by atoms with E-state index in [1.54, 1.807) is 35.3 Å². The molecule has 1 aliphatic rings. The van der Waals surface area contributed by atoms with E-state index in [1.807, 2.05) is 0 Å². The van der Waals surface area contributed by atoms with Crippen molar-refractivity contribution in [3.8, 4) is 5.82 Å². The number of hydrogen-bond donors (Lipinski definition) is 3. The lowest BCUT2D eigenvalue weighted by Crippen LogP contribution is -2.43. The van der Waals surface area contributed by atoms with Crippen LogP contribution in [-0.2, 0) is 9.59 Å². The Hall–Kier alpha value is -2.74. The molecule has 2 heterocycles. The molecule has 25 heavy (non-hydrogen) atoms. The van der Waals surface area contributed by atoms with Crippen LogP contribution in [0.15, 0.2) is 36.8 Å². The maximum absolute atomic E-state index is 12.0. The molecule has 8 heteroatoms. The van der Waals surface area contributed by atoms with E-state index in [2.05, 4.69) is 20.7 Å². The zero-order valence-electron chi connectivity index (χ0n) is 13.8. The predicted octanol–water partition coefficient (Wildman–Crippen LogP) is 0.873. The molecule has 0 bridgehead atoms. The average Bonchev–Trinajstić information content (AvgIpc) is 3.17. The van der Waals surface area contributed by atoms with E-state index in [1.165, 1.54) is 6.20 Å². The number of carbonyl (C=O) groups is 2. The standard InChI is InChI=1S/C17H21N5O3/c23-11-12-2-4-13(5-3-12)20-16(24)17(25)21-14-6-7-15(18-10-14)22-9-1-8-19-22/h1,6-10,12-13,23H,2-5,11H2,(H,20,24)(H,21,25). The zero-order chi connectivity index (χ0) is 17.6. The highest BCUT2D eigenvalue weighted by molar-refractivity contribution is 6.39. The first-order valence-electron chi connectivity index (χ1n) is 8.34. The number of aliphatic hydroxyl groups excluding tert-OH is 1. The zero-order valence-corrected chi connectivity index (χ0v) is 13.8. The van der Waals surface area contributed by atoms with Crippen LogP contribution >= 0.6 is 0 Å². The van der Waals surface area contributed by atoms with Crippen molar-refractivity contribution in [3.05, 3.63) is 36.8 Å². The van der Waals surface area contributed by atoms with Crippen LogP contribution in [0.25, 0.3) is 5.82 Å². The molecular weight excluding hydrogens is 322 g/mol. The Kier molecular flexibility index (Phi) is 5.39. The van der Waals surface area contributed by atoms with Crippen LogP contribution in [0.2, 0.25) is 0 Å². The Labute approximate surface area is 145 Å². The third kappa shape index (κ3) is 4.42. The molecule has 0 unspecified atom stereocenters. The molecule has 0 saturated heterocycles. The second-order valence-electron chi connectivity index (χ2n) is 6.18. The van der Waals surface area contributed by atoms with Crippen LogP contribution < -0.4 is 10.6 Å². The minimum Gasteiger partial charge on any atom is -0.396 e. The summed E-state index contributed by atoms with van der Waals surface area (Å²) in [5, 5.41) is 18.5. The number of hydrogen-bond acceptors (Lipinski definition) is 5. The van der Waals surface area contributed by atoms with Gasteiger partial charge in [0.2, 0.25) is 0 Å². The number of nitrogens with zero attached hydrogens (tertiary/aromatic N) is 3. The molecule has 0 aromatic carbocycles. The molecule has 1 saturated carbocycles. The highest BCUT2D eigenvalue weighted by Gasteiger charge is 2.24. The van der Waals surface area contributed by atoms with Gasteiger partial charge in [-0.25, -0.2) is 9.67 Å². The summed E-state index contributed by atoms with van der Waals surface area (Å²) in [5.41, 5.74) is 0.444. The van der Waals surface area contributed by atoms with E-state index >= 15 is 0 Å². The topological polar surface area (TPSA) is 109 Å². The molecule has 132 valence electrons. The summed E-state index contributed by atoms with van der Waals surface area (Å²) < 4.78 is 1.60. The minimum absolute atomic E-state index is 0.0126. The van der Waals surface area contributed by atoms with E-state index in [9.17, 15) is 9.59 Å². The van der Waals surface area contributed by atoms with E-state index in [0.717, 1.165) is 25.7 Å². The van der Waals surface area contributed by atoms with Gasteiger partial charge in [-0.1, -0.05) is 0 Å². The van der Waals surface area contributed by atoms with Gasteiger partial charge in [-0.3, -0.25) is 9.59 Å². The fourth-order valence-corrected chi connectivity index (χ4v) is 2.93. The number of pyridine rings is 1. The van der Waals surface area contributed by atoms with Gasteiger partial charge in [-0.15, -0.1) is 0 Å². The Morgan fingerprint density at radius 1 is 1.20 bits per heavy atom. The Morgan fingerprint density at radius 3 is 2.60 bits per heavy atom. The van der Waals surface area contributed by atoms with Crippen molar-refractivity contribution >= 4 is 17.5 Å². The molecule has 3 rings (SSSR count). The van der Waals surface area contributed by atoms with Crippen LogP contribution in [-0.4, -0.2) is 44.3 Å². The van der Waals surface area contributed by atoms with Crippen molar-refractivity contribution < 1.29 is 14.7 Å². The van der Waals surface area contributed by atoms with Gasteiger partial charge in [0.25, 0.3) is 0 Å². The van der Waals surface area contributed by atoms with Crippen molar-refractivity contribution in [1.29, 1.82) is 0 Å². The van der Waals surface area contributed by atoms with Gasteiger partial charge in [0, 0.05) is 25.0 Å². The molecular formula is C17H21N5O3. The van der Waals surface area contributed by atoms with Gasteiger partial charge >= 0.3 is 11.8 Å². The quantitative estimate of drug-likeness (QED) is 0.714. The summed E-state index contributed by atoms with van der Waals surface area (Å²) in [5.74, 6) is -0.434. The van der Waals surface area contributed by atoms with Crippen LogP contribution in [0, 0.1) is 5.92 Å². The highest BCUT2D eigenvalue weighted by atomic mass is 16.3. The second-order valence-corrected chi connectivity index (χ2v) is 6.18. The molecule has 0 spiro atoms. The summed E-state index contributed by atoms with van der Waals surface area (Å²) in [6.45, 7) is 0.183. The summed E-state index contributed by atoms with van der Waals surface area (Å²) in [4.78, 5) is 28.2. The lowest BCUT2D eigenvalue weighted by atomic mass is 9.86. The van der Waals surface area contributed by atoms with Crippen LogP contribution in [0.4, 0.5) is 5.69 Å². The predicted molar refractivity (Wildman–Crippen MR) is 91.0 cm³/mol. The smallest absolute Gasteiger partial charge is 0.313 e. The number of amides is 2. The second kappa shape index (κ2) is 7.89. The van der Waals surface area contributed by atoms with E-state index in [-0.39, 0.29) is 12.6 Å². The normalized spacial score (nSPS) is 20.0. The Bertz CT molecular complexity index is 706. The number of carbonyl (C=O) groups excluding carboxylic acids is 2. The van der Waals surface area contributed by atoms with Gasteiger partial charge in [-0.05, 0) is 49.8 Å². The van der Waals surface area contributed by atoms with Gasteiger partial charge in [0.05, 0.1) is 11.9 Å². The largest absolute Gasteiger partial charge is 0.396 e. The molecule has 0 atom stereocenters. The van der Waals surface area contributed by atoms with Crippen LogP contribution in [0.3, 0.4) is 0 Å². The first-order chi connectivity index (χ1) is 12.2. The Morgan fingerprint density at radius 2 is 2.00 bits per heavy atom. The molecule has 2 amide bonds. The van der Waals surface area contributed by atoms with Crippen LogP contribution in [0.5, 0.6) is 0 Å². The summed E-state index contributed by atoms with van der Waals surface area (Å²) in [6.07, 6.45) is 8.18. The van der Waals surface area contributed by atoms with E-state index in [4.69, 9.17) is 5.11 Å². The highest BCUT2D eigenvalue weighted by Crippen LogP contribution is 2.23. The molecule has 1 aliphatic carbocycles. The number of aliphatic hydroxyl groups is 1. The lowest BCUT2D eigenvalue weighted by molar-refractivity contribution is -0.136. The minimum atomic E-state index is -0.710. The molecule has 0 aliphatic heterocycles. The molecule has 0 radical (unpaired) electrons. The van der Waals surface area contributed by atoms with Crippen molar-refractivity contribution in [3.63, 3.8) is 0 Å². The SMILES string of the molecule is O=C(Nc1ccc(-n2cccn2)nc1)C(=O)NC1CCC(CO)CC1. The molecule has 8 nitrogen and oxygen atoms in total. The number of aromatic nitrogens is 3. The Balaban J connectivity index is 1.50. The maximum atomic E-state index is 12.0.